The van der Waals surface area contributed by atoms with Crippen molar-refractivity contribution >= 4 is 5.91 Å². The Hall–Kier alpha value is -2.47. The summed E-state index contributed by atoms with van der Waals surface area (Å²) in [4.78, 5) is 15.4. The largest absolute Gasteiger partial charge is 0.473 e. The maximum absolute atomic E-state index is 13.5. The van der Waals surface area contributed by atoms with E-state index >= 15 is 0 Å². The number of nitrogens with two attached hydrogens (primary N) is 1. The Labute approximate surface area is 133 Å². The molecule has 0 radical (unpaired) electrons. The molecule has 0 spiro atoms. The Morgan fingerprint density at radius 3 is 2.78 bits per heavy atom. The van der Waals surface area contributed by atoms with Crippen molar-refractivity contribution in [3.05, 3.63) is 59.5 Å². The van der Waals surface area contributed by atoms with Gasteiger partial charge in [-0.2, -0.15) is 0 Å². The number of hydrogen-bond donors (Lipinski definition) is 2. The summed E-state index contributed by atoms with van der Waals surface area (Å²) in [5.74, 6) is -0.191. The first kappa shape index (κ1) is 15.4. The van der Waals surface area contributed by atoms with Crippen LogP contribution in [0.3, 0.4) is 0 Å². The highest BCUT2D eigenvalue weighted by molar-refractivity contribution is 5.80. The Bertz CT molecular complexity index is 690. The molecule has 23 heavy (non-hydrogen) atoms. The van der Waals surface area contributed by atoms with Crippen LogP contribution in [-0.4, -0.2) is 16.9 Å². The average molecular weight is 315 g/mol. The summed E-state index contributed by atoms with van der Waals surface area (Å²) in [6, 6.07) is 9.91. The molecule has 2 aromatic rings. The lowest BCUT2D eigenvalue weighted by Crippen LogP contribution is -2.37. The van der Waals surface area contributed by atoms with E-state index in [4.69, 9.17) is 10.5 Å². The predicted octanol–water partition coefficient (Wildman–Crippen LogP) is 2.08. The van der Waals surface area contributed by atoms with Gasteiger partial charge in [-0.15, -0.1) is 0 Å². The van der Waals surface area contributed by atoms with E-state index in [9.17, 15) is 9.18 Å². The SMILES string of the molecule is NC(=O)[C@@H]1CC[C@H](c2ccc(OCc3ccccc3F)nc2)N1. The Kier molecular flexibility index (Phi) is 4.52. The molecule has 2 atom stereocenters. The molecule has 5 nitrogen and oxygen atoms in total. The number of primary amides is 1. The molecule has 1 aromatic heterocycles. The average Bonchev–Trinajstić information content (AvgIpc) is 3.05. The highest BCUT2D eigenvalue weighted by Crippen LogP contribution is 2.26. The van der Waals surface area contributed by atoms with Crippen LogP contribution in [-0.2, 0) is 11.4 Å². The number of benzene rings is 1. The van der Waals surface area contributed by atoms with E-state index in [1.165, 1.54) is 6.07 Å². The summed E-state index contributed by atoms with van der Waals surface area (Å²) >= 11 is 0. The zero-order chi connectivity index (χ0) is 16.2. The standard InChI is InChI=1S/C17H18FN3O2/c18-13-4-2-1-3-12(13)10-23-16-8-5-11(9-20-16)14-6-7-15(21-14)17(19)22/h1-5,8-9,14-15,21H,6-7,10H2,(H2,19,22)/t14-,15+/m1/s1. The fourth-order valence-electron chi connectivity index (χ4n) is 2.68. The minimum Gasteiger partial charge on any atom is -0.473 e. The van der Waals surface area contributed by atoms with Gasteiger partial charge in [0.1, 0.15) is 12.4 Å². The van der Waals surface area contributed by atoms with Crippen molar-refractivity contribution in [1.82, 2.24) is 10.3 Å². The maximum Gasteiger partial charge on any atom is 0.234 e. The van der Waals surface area contributed by atoms with E-state index in [-0.39, 0.29) is 30.4 Å². The Morgan fingerprint density at radius 1 is 1.30 bits per heavy atom. The molecule has 0 aliphatic carbocycles. The molecule has 1 aliphatic rings. The monoisotopic (exact) mass is 315 g/mol. The molecule has 1 aliphatic heterocycles. The van der Waals surface area contributed by atoms with E-state index in [1.54, 1.807) is 30.5 Å². The van der Waals surface area contributed by atoms with Gasteiger partial charge in [-0.25, -0.2) is 9.37 Å². The van der Waals surface area contributed by atoms with Crippen LogP contribution in [0.15, 0.2) is 42.6 Å². The molecule has 1 amide bonds. The number of carbonyl (C=O) groups excluding carboxylic acids is 1. The maximum atomic E-state index is 13.5. The highest BCUT2D eigenvalue weighted by Gasteiger charge is 2.28. The van der Waals surface area contributed by atoms with Crippen molar-refractivity contribution in [3.8, 4) is 5.88 Å². The first-order valence-corrected chi connectivity index (χ1v) is 7.51. The van der Waals surface area contributed by atoms with Crippen molar-refractivity contribution in [2.45, 2.75) is 31.5 Å². The second-order valence-electron chi connectivity index (χ2n) is 5.56. The number of ether oxygens (including phenoxy) is 1. The van der Waals surface area contributed by atoms with Crippen LogP contribution in [0.4, 0.5) is 4.39 Å². The molecular formula is C17H18FN3O2. The molecule has 3 rings (SSSR count). The molecule has 3 N–H and O–H groups in total. The van der Waals surface area contributed by atoms with Crippen LogP contribution < -0.4 is 15.8 Å². The summed E-state index contributed by atoms with van der Waals surface area (Å²) in [5, 5.41) is 3.19. The fourth-order valence-corrected chi connectivity index (χ4v) is 2.68. The predicted molar refractivity (Wildman–Crippen MR) is 83.1 cm³/mol. The molecule has 0 saturated carbocycles. The number of hydrogen-bond acceptors (Lipinski definition) is 4. The van der Waals surface area contributed by atoms with Gasteiger partial charge < -0.3 is 10.5 Å². The first-order chi connectivity index (χ1) is 11.1. The minimum absolute atomic E-state index is 0.0700. The quantitative estimate of drug-likeness (QED) is 0.885. The lowest BCUT2D eigenvalue weighted by Gasteiger charge is -2.13. The van der Waals surface area contributed by atoms with Crippen LogP contribution >= 0.6 is 0 Å². The van der Waals surface area contributed by atoms with Crippen LogP contribution in [0.5, 0.6) is 5.88 Å². The van der Waals surface area contributed by atoms with Crippen molar-refractivity contribution in [1.29, 1.82) is 0 Å². The van der Waals surface area contributed by atoms with Gasteiger partial charge in [-0.3, -0.25) is 10.1 Å². The van der Waals surface area contributed by atoms with Gasteiger partial charge in [0.25, 0.3) is 0 Å². The van der Waals surface area contributed by atoms with Crippen LogP contribution in [0, 0.1) is 5.82 Å². The fraction of sp³-hybridized carbons (Fsp3) is 0.294. The third kappa shape index (κ3) is 3.65. The van der Waals surface area contributed by atoms with Gasteiger partial charge in [0.05, 0.1) is 6.04 Å². The van der Waals surface area contributed by atoms with Gasteiger partial charge in [-0.1, -0.05) is 24.3 Å². The number of aromatic nitrogens is 1. The molecule has 1 saturated heterocycles. The van der Waals surface area contributed by atoms with E-state index < -0.39 is 0 Å². The number of rotatable bonds is 5. The highest BCUT2D eigenvalue weighted by atomic mass is 19.1. The van der Waals surface area contributed by atoms with Crippen LogP contribution in [0.2, 0.25) is 0 Å². The topological polar surface area (TPSA) is 77.2 Å². The van der Waals surface area contributed by atoms with Crippen molar-refractivity contribution < 1.29 is 13.9 Å². The lowest BCUT2D eigenvalue weighted by atomic mass is 10.1. The lowest BCUT2D eigenvalue weighted by molar-refractivity contribution is -0.119. The summed E-state index contributed by atoms with van der Waals surface area (Å²) in [6.45, 7) is 0.129. The molecule has 0 unspecified atom stereocenters. The normalized spacial score (nSPS) is 20.4. The third-order valence-corrected chi connectivity index (χ3v) is 3.98. The van der Waals surface area contributed by atoms with E-state index in [0.717, 1.165) is 18.4 Å². The second kappa shape index (κ2) is 6.75. The Balaban J connectivity index is 1.59. The van der Waals surface area contributed by atoms with Crippen molar-refractivity contribution in [2.75, 3.05) is 0 Å². The summed E-state index contributed by atoms with van der Waals surface area (Å²) < 4.78 is 19.0. The van der Waals surface area contributed by atoms with Gasteiger partial charge in [-0.05, 0) is 24.5 Å². The number of halogens is 1. The molecule has 1 fully saturated rings. The minimum atomic E-state index is -0.328. The zero-order valence-electron chi connectivity index (χ0n) is 12.5. The molecule has 6 heteroatoms. The summed E-state index contributed by atoms with van der Waals surface area (Å²) in [6.07, 6.45) is 3.27. The third-order valence-electron chi connectivity index (χ3n) is 3.98. The van der Waals surface area contributed by atoms with Crippen LogP contribution in [0.1, 0.15) is 30.0 Å². The number of carbonyl (C=O) groups is 1. The van der Waals surface area contributed by atoms with Gasteiger partial charge in [0.2, 0.25) is 11.8 Å². The molecule has 0 bridgehead atoms. The number of amides is 1. The zero-order valence-corrected chi connectivity index (χ0v) is 12.5. The Morgan fingerprint density at radius 2 is 2.13 bits per heavy atom. The number of nitrogens with one attached hydrogen (secondary N) is 1. The molecule has 1 aromatic carbocycles. The number of pyridine rings is 1. The van der Waals surface area contributed by atoms with Crippen LogP contribution in [0.25, 0.3) is 0 Å². The first-order valence-electron chi connectivity index (χ1n) is 7.51. The summed E-state index contributed by atoms with van der Waals surface area (Å²) in [5.41, 5.74) is 6.77. The molecular weight excluding hydrogens is 297 g/mol. The van der Waals surface area contributed by atoms with E-state index in [2.05, 4.69) is 10.3 Å². The smallest absolute Gasteiger partial charge is 0.234 e. The van der Waals surface area contributed by atoms with Crippen molar-refractivity contribution in [2.24, 2.45) is 5.73 Å². The van der Waals surface area contributed by atoms with Gasteiger partial charge in [0, 0.05) is 23.9 Å². The second-order valence-corrected chi connectivity index (χ2v) is 5.56. The molecule has 2 heterocycles. The summed E-state index contributed by atoms with van der Waals surface area (Å²) in [7, 11) is 0. The van der Waals surface area contributed by atoms with Crippen molar-refractivity contribution in [3.63, 3.8) is 0 Å². The van der Waals surface area contributed by atoms with E-state index in [1.807, 2.05) is 6.07 Å². The molecule has 120 valence electrons. The van der Waals surface area contributed by atoms with E-state index in [0.29, 0.717) is 11.4 Å². The van der Waals surface area contributed by atoms with Gasteiger partial charge in [0.15, 0.2) is 0 Å². The van der Waals surface area contributed by atoms with Gasteiger partial charge >= 0.3 is 0 Å². The number of nitrogens with zero attached hydrogens (tertiary/aromatic N) is 1.